The lowest BCUT2D eigenvalue weighted by Gasteiger charge is -2.41. The number of ether oxygens (including phenoxy) is 3. The largest absolute Gasteiger partial charge is 0.480 e. The fourth-order valence-corrected chi connectivity index (χ4v) is 11.2. The number of unbranched alkanes of at least 4 members (excludes halogenated alkanes) is 3. The van der Waals surface area contributed by atoms with Gasteiger partial charge >= 0.3 is 12.1 Å². The second kappa shape index (κ2) is 33.0. The number of allylic oxidation sites excluding steroid dienone is 7. The van der Waals surface area contributed by atoms with Crippen molar-refractivity contribution in [3.8, 4) is 0 Å². The number of methoxy groups -OCH3 is 2. The number of aliphatic carboxylic acids is 1. The highest BCUT2D eigenvalue weighted by Gasteiger charge is 2.44. The molecule has 430 valence electrons. The maximum atomic E-state index is 14.7. The van der Waals surface area contributed by atoms with Gasteiger partial charge < -0.3 is 50.0 Å². The molecule has 0 bridgehead atoms. The van der Waals surface area contributed by atoms with Gasteiger partial charge in [0.1, 0.15) is 12.1 Å². The van der Waals surface area contributed by atoms with E-state index in [0.717, 1.165) is 57.2 Å². The molecule has 1 aliphatic carbocycles. The Morgan fingerprint density at radius 1 is 0.792 bits per heavy atom. The summed E-state index contributed by atoms with van der Waals surface area (Å²) in [4.78, 5) is 89.5. The smallest absolute Gasteiger partial charge is 0.407 e. The van der Waals surface area contributed by atoms with Crippen LogP contribution in [0.25, 0.3) is 0 Å². The normalized spacial score (nSPS) is 21.0. The van der Waals surface area contributed by atoms with Crippen molar-refractivity contribution in [2.24, 2.45) is 29.6 Å². The minimum absolute atomic E-state index is 0.0365. The van der Waals surface area contributed by atoms with Gasteiger partial charge in [-0.3, -0.25) is 24.1 Å². The monoisotopic (exact) mass is 1070 g/mol. The number of rotatable bonds is 31. The number of alkyl carbamates (subject to hydrolysis) is 1. The SMILES string of the molecule is CC[C@H](C)[C@@H]([C@@H](CC(=O)N1CCC[C@H]1[C@H](OC)[C@@H](C)C(=O)N[C@@H](Cc1ccccc1)C(=O)O)OC)N(C)C(=O)[C@@H](NC(=O)[C@H](C(C)C)N(C)CCCCCCNC(=O)OCC1CCN(C2=C/C=C\C=C/C=C\2)CC1)C(C)C. The highest BCUT2D eigenvalue weighted by atomic mass is 16.5. The first-order valence-electron chi connectivity index (χ1n) is 28.4. The summed E-state index contributed by atoms with van der Waals surface area (Å²) < 4.78 is 17.6. The third kappa shape index (κ3) is 19.7. The lowest BCUT2D eigenvalue weighted by molar-refractivity contribution is -0.148. The van der Waals surface area contributed by atoms with Crippen LogP contribution in [-0.4, -0.2) is 170 Å². The first-order valence-corrected chi connectivity index (χ1v) is 28.4. The number of hydrogen-bond donors (Lipinski definition) is 4. The van der Waals surface area contributed by atoms with Crippen LogP contribution in [0.1, 0.15) is 118 Å². The standard InChI is InChI=1S/C60H95N7O10/c1-12-43(6)54(50(75-10)39-51(68)67-35-25-30-49(67)55(76-11)44(7)56(69)62-48(59(72)73)38-45-26-19-18-20-27-45)65(9)58(71)52(41(2)3)63-57(70)53(42(4)5)64(8)34-24-17-16-23-33-61-60(74)77-40-46-31-36-66(37-32-46)47-28-21-14-13-15-22-29-47/h13-15,18-22,26-29,41-44,46,48-50,52-55H,12,16-17,23-25,30-40H2,1-11H3,(H,61,74)(H,62,69)(H,63,70)(H,72,73)/b14-13-,15-13?,21-14?,22-15-,28-21-,29-22?,47-28?,47-29+/t43-,44+,48-,49-,50+,52-,53-,54-,55+/m0/s1. The van der Waals surface area contributed by atoms with Crippen molar-refractivity contribution in [3.05, 3.63) is 84.1 Å². The number of likely N-dealkylation sites (tertiary alicyclic amines) is 2. The molecule has 2 heterocycles. The van der Waals surface area contributed by atoms with Crippen LogP contribution < -0.4 is 16.0 Å². The minimum atomic E-state index is -1.15. The molecule has 0 saturated carbocycles. The van der Waals surface area contributed by atoms with Crippen LogP contribution in [0, 0.1) is 29.6 Å². The van der Waals surface area contributed by atoms with Crippen LogP contribution >= 0.6 is 0 Å². The van der Waals surface area contributed by atoms with Gasteiger partial charge in [-0.2, -0.15) is 0 Å². The molecular formula is C60H95N7O10. The topological polar surface area (TPSA) is 199 Å². The van der Waals surface area contributed by atoms with E-state index < -0.39 is 60.2 Å². The molecule has 17 nitrogen and oxygen atoms in total. The molecule has 2 aliphatic heterocycles. The molecule has 9 atom stereocenters. The van der Waals surface area contributed by atoms with E-state index in [1.165, 1.54) is 12.8 Å². The number of amides is 5. The van der Waals surface area contributed by atoms with Crippen LogP contribution in [0.15, 0.2) is 78.6 Å². The van der Waals surface area contributed by atoms with Gasteiger partial charge in [0, 0.05) is 59.6 Å². The number of nitrogens with zero attached hydrogens (tertiary/aromatic N) is 4. The second-order valence-corrected chi connectivity index (χ2v) is 22.2. The Labute approximate surface area is 460 Å². The molecule has 4 rings (SSSR count). The number of carboxylic acids is 1. The predicted molar refractivity (Wildman–Crippen MR) is 301 cm³/mol. The van der Waals surface area contributed by atoms with Gasteiger partial charge in [0.2, 0.25) is 23.6 Å². The molecule has 5 amide bonds. The number of piperidine rings is 1. The summed E-state index contributed by atoms with van der Waals surface area (Å²) >= 11 is 0. The molecule has 0 aromatic heterocycles. The second-order valence-electron chi connectivity index (χ2n) is 22.2. The summed E-state index contributed by atoms with van der Waals surface area (Å²) in [5.41, 5.74) is 1.98. The Kier molecular flexibility index (Phi) is 27.5. The number of benzene rings is 1. The minimum Gasteiger partial charge on any atom is -0.480 e. The predicted octanol–water partition coefficient (Wildman–Crippen LogP) is 7.38. The number of carbonyl (C=O) groups is 6. The van der Waals surface area contributed by atoms with Crippen molar-refractivity contribution in [3.63, 3.8) is 0 Å². The zero-order valence-electron chi connectivity index (χ0n) is 48.3. The molecule has 17 heteroatoms. The van der Waals surface area contributed by atoms with Gasteiger partial charge in [-0.05, 0) is 93.5 Å². The number of likely N-dealkylation sites (N-methyl/N-ethyl adjacent to an activating group) is 2. The quantitative estimate of drug-likeness (QED) is 0.0539. The molecule has 0 unspecified atom stereocenters. The van der Waals surface area contributed by atoms with Crippen molar-refractivity contribution >= 4 is 35.7 Å². The van der Waals surface area contributed by atoms with Gasteiger partial charge in [-0.15, -0.1) is 0 Å². The Bertz CT molecular complexity index is 2140. The summed E-state index contributed by atoms with van der Waals surface area (Å²) in [7, 11) is 6.71. The molecule has 1 aromatic carbocycles. The first-order chi connectivity index (χ1) is 36.8. The molecular weight excluding hydrogens is 979 g/mol. The molecule has 3 aliphatic rings. The van der Waals surface area contributed by atoms with Crippen LogP contribution in [0.4, 0.5) is 4.79 Å². The van der Waals surface area contributed by atoms with E-state index in [-0.39, 0.29) is 54.4 Å². The average molecular weight is 1070 g/mol. The number of carbonyl (C=O) groups excluding carboxylic acids is 5. The summed E-state index contributed by atoms with van der Waals surface area (Å²) in [6.45, 7) is 17.5. The Balaban J connectivity index is 1.27. The third-order valence-electron chi connectivity index (χ3n) is 15.9. The number of nitrogens with one attached hydrogen (secondary N) is 3. The summed E-state index contributed by atoms with van der Waals surface area (Å²) in [6, 6.07) is 5.67. The number of carboxylic acid groups (broad SMARTS) is 1. The van der Waals surface area contributed by atoms with E-state index >= 15 is 0 Å². The van der Waals surface area contributed by atoms with Crippen LogP contribution in [0.2, 0.25) is 0 Å². The lowest BCUT2D eigenvalue weighted by Crippen LogP contribution is -2.60. The van der Waals surface area contributed by atoms with E-state index in [1.807, 2.05) is 97.1 Å². The Hall–Kier alpha value is -5.52. The van der Waals surface area contributed by atoms with Crippen molar-refractivity contribution in [1.82, 2.24) is 35.6 Å². The molecule has 4 N–H and O–H groups in total. The van der Waals surface area contributed by atoms with Crippen molar-refractivity contribution in [2.75, 3.05) is 67.6 Å². The van der Waals surface area contributed by atoms with Crippen LogP contribution in [0.5, 0.6) is 0 Å². The molecule has 0 spiro atoms. The van der Waals surface area contributed by atoms with E-state index in [0.29, 0.717) is 51.4 Å². The van der Waals surface area contributed by atoms with Gasteiger partial charge in [-0.25, -0.2) is 9.59 Å². The van der Waals surface area contributed by atoms with Crippen molar-refractivity contribution in [1.29, 1.82) is 0 Å². The summed E-state index contributed by atoms with van der Waals surface area (Å²) in [6.07, 6.45) is 20.2. The first kappa shape index (κ1) is 64.0. The van der Waals surface area contributed by atoms with Gasteiger partial charge in [0.25, 0.3) is 0 Å². The fraction of sp³-hybridized carbons (Fsp3) is 0.667. The summed E-state index contributed by atoms with van der Waals surface area (Å²) in [5, 5.41) is 18.7. The zero-order chi connectivity index (χ0) is 56.6. The zero-order valence-corrected chi connectivity index (χ0v) is 48.3. The van der Waals surface area contributed by atoms with Crippen molar-refractivity contribution in [2.45, 2.75) is 162 Å². The van der Waals surface area contributed by atoms with E-state index in [4.69, 9.17) is 14.2 Å². The molecule has 2 saturated heterocycles. The van der Waals surface area contributed by atoms with Gasteiger partial charge in [0.05, 0.1) is 49.3 Å². The molecule has 1 aromatic rings. The van der Waals surface area contributed by atoms with Crippen molar-refractivity contribution < 1.29 is 48.1 Å². The van der Waals surface area contributed by atoms with E-state index in [9.17, 15) is 33.9 Å². The van der Waals surface area contributed by atoms with Crippen LogP contribution in [0.3, 0.4) is 0 Å². The highest BCUT2D eigenvalue weighted by Crippen LogP contribution is 2.30. The van der Waals surface area contributed by atoms with Crippen LogP contribution in [-0.2, 0) is 44.6 Å². The van der Waals surface area contributed by atoms with Gasteiger partial charge in [-0.1, -0.05) is 128 Å². The Morgan fingerprint density at radius 2 is 1.47 bits per heavy atom. The maximum Gasteiger partial charge on any atom is 0.407 e. The Morgan fingerprint density at radius 3 is 2.10 bits per heavy atom. The highest BCUT2D eigenvalue weighted by molar-refractivity contribution is 5.90. The molecule has 77 heavy (non-hydrogen) atoms. The van der Waals surface area contributed by atoms with E-state index in [1.54, 1.807) is 30.9 Å². The lowest BCUT2D eigenvalue weighted by atomic mass is 9.89. The third-order valence-corrected chi connectivity index (χ3v) is 15.9. The summed E-state index contributed by atoms with van der Waals surface area (Å²) in [5.74, 6) is -3.12. The van der Waals surface area contributed by atoms with E-state index in [2.05, 4.69) is 50.1 Å². The molecule has 0 radical (unpaired) electrons. The maximum absolute atomic E-state index is 14.7. The molecule has 2 fully saturated rings. The van der Waals surface area contributed by atoms with Gasteiger partial charge in [0.15, 0.2) is 0 Å². The average Bonchev–Trinajstić information content (AvgIpc) is 3.89. The number of hydrogen-bond acceptors (Lipinski definition) is 11. The fourth-order valence-electron chi connectivity index (χ4n) is 11.2.